The van der Waals surface area contributed by atoms with Crippen LogP contribution in [0.4, 0.5) is 0 Å². The fraction of sp³-hybridized carbons (Fsp3) is 0.455. The summed E-state index contributed by atoms with van der Waals surface area (Å²) in [6.07, 6.45) is 1.91. The molecule has 0 radical (unpaired) electrons. The van der Waals surface area contributed by atoms with Gasteiger partial charge >= 0.3 is 0 Å². The van der Waals surface area contributed by atoms with Crippen molar-refractivity contribution in [1.29, 1.82) is 0 Å². The summed E-state index contributed by atoms with van der Waals surface area (Å²) in [5.41, 5.74) is 1.94. The Morgan fingerprint density at radius 3 is 1.83 bits per heavy atom. The zero-order valence-corrected chi connectivity index (χ0v) is 18.7. The molecule has 0 saturated heterocycles. The molecular formula is C22H26O6S2. The van der Waals surface area contributed by atoms with Gasteiger partial charge in [-0.1, -0.05) is 35.4 Å². The Hall–Kier alpha value is -1.74. The summed E-state index contributed by atoms with van der Waals surface area (Å²) in [7, 11) is -7.70. The van der Waals surface area contributed by atoms with Crippen molar-refractivity contribution >= 4 is 20.2 Å². The fourth-order valence-electron chi connectivity index (χ4n) is 4.60. The Bertz CT molecular complexity index is 1100. The van der Waals surface area contributed by atoms with Crippen molar-refractivity contribution in [2.75, 3.05) is 6.61 Å². The minimum atomic E-state index is -3.86. The highest BCUT2D eigenvalue weighted by molar-refractivity contribution is 7.87. The van der Waals surface area contributed by atoms with Crippen LogP contribution in [0.3, 0.4) is 0 Å². The highest BCUT2D eigenvalue weighted by Crippen LogP contribution is 2.50. The van der Waals surface area contributed by atoms with Gasteiger partial charge in [0.05, 0.1) is 22.5 Å². The Kier molecular flexibility index (Phi) is 5.78. The van der Waals surface area contributed by atoms with Gasteiger partial charge in [0.1, 0.15) is 0 Å². The third-order valence-electron chi connectivity index (χ3n) is 6.20. The molecule has 2 bridgehead atoms. The van der Waals surface area contributed by atoms with Crippen LogP contribution in [0, 0.1) is 31.6 Å². The maximum Gasteiger partial charge on any atom is 0.297 e. The van der Waals surface area contributed by atoms with Crippen LogP contribution in [0.1, 0.15) is 30.4 Å². The molecule has 0 aromatic heterocycles. The molecular weight excluding hydrogens is 424 g/mol. The lowest BCUT2D eigenvalue weighted by Crippen LogP contribution is -2.32. The van der Waals surface area contributed by atoms with E-state index in [4.69, 9.17) is 8.37 Å². The number of benzene rings is 2. The highest BCUT2D eigenvalue weighted by atomic mass is 32.2. The lowest BCUT2D eigenvalue weighted by molar-refractivity contribution is 0.0852. The van der Waals surface area contributed by atoms with Crippen molar-refractivity contribution in [2.24, 2.45) is 17.8 Å². The van der Waals surface area contributed by atoms with Gasteiger partial charge in [0.15, 0.2) is 0 Å². The molecule has 162 valence electrons. The zero-order chi connectivity index (χ0) is 21.5. The summed E-state index contributed by atoms with van der Waals surface area (Å²) in [4.78, 5) is 0.275. The molecule has 2 saturated carbocycles. The first-order chi connectivity index (χ1) is 14.1. The number of aryl methyl sites for hydroxylation is 2. The van der Waals surface area contributed by atoms with E-state index in [9.17, 15) is 16.8 Å². The molecule has 2 aliphatic carbocycles. The summed E-state index contributed by atoms with van der Waals surface area (Å²) in [6, 6.07) is 13.1. The summed E-state index contributed by atoms with van der Waals surface area (Å²) < 4.78 is 61.2. The fourth-order valence-corrected chi connectivity index (χ4v) is 6.69. The summed E-state index contributed by atoms with van der Waals surface area (Å²) >= 11 is 0. The number of hydrogen-bond acceptors (Lipinski definition) is 6. The van der Waals surface area contributed by atoms with Crippen LogP contribution in [0.5, 0.6) is 0 Å². The number of rotatable bonds is 7. The van der Waals surface area contributed by atoms with Crippen molar-refractivity contribution in [3.63, 3.8) is 0 Å². The van der Waals surface area contributed by atoms with Crippen LogP contribution in [0.25, 0.3) is 0 Å². The highest BCUT2D eigenvalue weighted by Gasteiger charge is 2.49. The molecule has 0 amide bonds. The van der Waals surface area contributed by atoms with E-state index in [1.54, 1.807) is 36.4 Å². The van der Waals surface area contributed by atoms with Crippen molar-refractivity contribution in [3.05, 3.63) is 59.7 Å². The van der Waals surface area contributed by atoms with Gasteiger partial charge in [-0.15, -0.1) is 0 Å². The van der Waals surface area contributed by atoms with Gasteiger partial charge in [-0.05, 0) is 75.1 Å². The smallest absolute Gasteiger partial charge is 0.266 e. The lowest BCUT2D eigenvalue weighted by Gasteiger charge is -2.28. The van der Waals surface area contributed by atoms with Crippen LogP contribution in [0.2, 0.25) is 0 Å². The lowest BCUT2D eigenvalue weighted by atomic mass is 9.87. The average Bonchev–Trinajstić information content (AvgIpc) is 3.27. The van der Waals surface area contributed by atoms with E-state index in [-0.39, 0.29) is 28.2 Å². The van der Waals surface area contributed by atoms with Crippen molar-refractivity contribution < 1.29 is 25.2 Å². The number of hydrogen-bond donors (Lipinski definition) is 0. The molecule has 2 aromatic rings. The van der Waals surface area contributed by atoms with E-state index < -0.39 is 26.3 Å². The van der Waals surface area contributed by atoms with Crippen molar-refractivity contribution in [2.45, 2.75) is 49.0 Å². The second-order valence-corrected chi connectivity index (χ2v) is 11.6. The summed E-state index contributed by atoms with van der Waals surface area (Å²) in [5, 5.41) is 0. The minimum absolute atomic E-state index is 0.0246. The van der Waals surface area contributed by atoms with E-state index in [1.165, 1.54) is 12.1 Å². The molecule has 2 aliphatic rings. The molecule has 0 heterocycles. The summed E-state index contributed by atoms with van der Waals surface area (Å²) in [5.74, 6) is 0.273. The zero-order valence-electron chi connectivity index (χ0n) is 17.0. The predicted octanol–water partition coefficient (Wildman–Crippen LogP) is 3.83. The van der Waals surface area contributed by atoms with E-state index in [2.05, 4.69) is 0 Å². The van der Waals surface area contributed by atoms with Crippen LogP contribution < -0.4 is 0 Å². The van der Waals surface area contributed by atoms with Crippen LogP contribution in [-0.2, 0) is 28.6 Å². The monoisotopic (exact) mass is 450 g/mol. The van der Waals surface area contributed by atoms with Crippen molar-refractivity contribution in [3.8, 4) is 0 Å². The molecule has 2 fully saturated rings. The van der Waals surface area contributed by atoms with Gasteiger partial charge in [0, 0.05) is 0 Å². The quantitative estimate of drug-likeness (QED) is 0.596. The molecule has 0 N–H and O–H groups in total. The molecule has 30 heavy (non-hydrogen) atoms. The predicted molar refractivity (Wildman–Crippen MR) is 112 cm³/mol. The Balaban J connectivity index is 1.41. The molecule has 0 spiro atoms. The number of fused-ring (bicyclic) bond motifs is 2. The molecule has 2 aromatic carbocycles. The van der Waals surface area contributed by atoms with E-state index >= 15 is 0 Å². The van der Waals surface area contributed by atoms with Crippen LogP contribution in [-0.4, -0.2) is 29.5 Å². The van der Waals surface area contributed by atoms with Gasteiger partial charge in [-0.2, -0.15) is 16.8 Å². The molecule has 8 heteroatoms. The second kappa shape index (κ2) is 8.07. The van der Waals surface area contributed by atoms with Crippen LogP contribution in [0.15, 0.2) is 58.3 Å². The maximum atomic E-state index is 12.7. The largest absolute Gasteiger partial charge is 0.297 e. The standard InChI is InChI=1S/C22H26O6S2/c1-15-3-7-19(8-4-15)29(23,24)27-14-18-11-17-12-21(18)22(13-17)28-30(25,26)20-9-5-16(2)6-10-20/h3-10,17-18,21-22H,11-14H2,1-2H3/t17-,18-,21+,22+/m1/s1. The maximum absolute atomic E-state index is 12.7. The van der Waals surface area contributed by atoms with Gasteiger partial charge in [0.25, 0.3) is 20.2 Å². The van der Waals surface area contributed by atoms with Gasteiger partial charge in [-0.25, -0.2) is 0 Å². The minimum Gasteiger partial charge on any atom is -0.266 e. The van der Waals surface area contributed by atoms with Gasteiger partial charge in [0.2, 0.25) is 0 Å². The third kappa shape index (κ3) is 4.46. The van der Waals surface area contributed by atoms with Crippen molar-refractivity contribution in [1.82, 2.24) is 0 Å². The van der Waals surface area contributed by atoms with Crippen LogP contribution >= 0.6 is 0 Å². The third-order valence-corrected chi connectivity index (χ3v) is 8.84. The Morgan fingerprint density at radius 1 is 0.767 bits per heavy atom. The van der Waals surface area contributed by atoms with E-state index in [1.807, 2.05) is 13.8 Å². The second-order valence-electron chi connectivity index (χ2n) is 8.45. The molecule has 4 atom stereocenters. The normalized spacial score (nSPS) is 26.2. The molecule has 0 aliphatic heterocycles. The van der Waals surface area contributed by atoms with Gasteiger partial charge < -0.3 is 0 Å². The first kappa shape index (κ1) is 21.5. The average molecular weight is 451 g/mol. The first-order valence-electron chi connectivity index (χ1n) is 10.1. The molecule has 0 unspecified atom stereocenters. The Labute approximate surface area is 178 Å². The molecule has 4 rings (SSSR count). The van der Waals surface area contributed by atoms with E-state index in [0.29, 0.717) is 12.3 Å². The van der Waals surface area contributed by atoms with E-state index in [0.717, 1.165) is 24.0 Å². The Morgan fingerprint density at radius 2 is 1.30 bits per heavy atom. The first-order valence-corrected chi connectivity index (χ1v) is 12.9. The van der Waals surface area contributed by atoms with Gasteiger partial charge in [-0.3, -0.25) is 8.37 Å². The SMILES string of the molecule is Cc1ccc(S(=O)(=O)OC[C@H]2C[C@@H]3C[C@@H]2[C@@H](OS(=O)(=O)c2ccc(C)cc2)C3)cc1. The molecule has 6 nitrogen and oxygen atoms in total. The summed E-state index contributed by atoms with van der Waals surface area (Å²) in [6.45, 7) is 3.82. The topological polar surface area (TPSA) is 86.7 Å².